The van der Waals surface area contributed by atoms with E-state index in [9.17, 15) is 4.79 Å². The lowest BCUT2D eigenvalue weighted by Crippen LogP contribution is -2.40. The molecule has 0 radical (unpaired) electrons. The number of carbonyl (C=O) groups excluding carboxylic acids is 1. The smallest absolute Gasteiger partial charge is 0.227 e. The Morgan fingerprint density at radius 3 is 2.56 bits per heavy atom. The third kappa shape index (κ3) is 3.97. The molecule has 0 aromatic carbocycles. The maximum atomic E-state index is 12.4. The van der Waals surface area contributed by atoms with Crippen molar-refractivity contribution >= 4 is 28.8 Å². The van der Waals surface area contributed by atoms with E-state index in [1.807, 2.05) is 37.8 Å². The lowest BCUT2D eigenvalue weighted by Gasteiger charge is -2.27. The van der Waals surface area contributed by atoms with Crippen LogP contribution in [0.1, 0.15) is 25.6 Å². The summed E-state index contributed by atoms with van der Waals surface area (Å²) in [4.78, 5) is 15.3. The summed E-state index contributed by atoms with van der Waals surface area (Å²) in [6.07, 6.45) is 0. The summed E-state index contributed by atoms with van der Waals surface area (Å²) in [6.45, 7) is 7.77. The summed E-state index contributed by atoms with van der Waals surface area (Å²) in [5.41, 5.74) is 5.70. The molecule has 0 saturated carbocycles. The van der Waals surface area contributed by atoms with Gasteiger partial charge in [0.1, 0.15) is 0 Å². The summed E-state index contributed by atoms with van der Waals surface area (Å²) in [5, 5.41) is 0. The third-order valence-electron chi connectivity index (χ3n) is 3.04. The second-order valence-corrected chi connectivity index (χ2v) is 6.44. The molecule has 1 aromatic rings. The Morgan fingerprint density at radius 1 is 1.50 bits per heavy atom. The number of amides is 1. The fourth-order valence-electron chi connectivity index (χ4n) is 1.86. The van der Waals surface area contributed by atoms with Crippen LogP contribution in [0.4, 0.5) is 0 Å². The standard InChI is InChI=1S/C13H21ClN2OS/c1-4-16(8-10-5-6-12(14)18-10)13(17)11(7-15)9(2)3/h5-6,9,11H,4,7-8,15H2,1-3H3. The number of halogens is 1. The molecule has 3 nitrogen and oxygen atoms in total. The lowest BCUT2D eigenvalue weighted by molar-refractivity contribution is -0.137. The Hall–Kier alpha value is -0.580. The van der Waals surface area contributed by atoms with E-state index in [0.717, 1.165) is 9.21 Å². The van der Waals surface area contributed by atoms with E-state index in [1.165, 1.54) is 11.3 Å². The van der Waals surface area contributed by atoms with Crippen molar-refractivity contribution in [2.24, 2.45) is 17.6 Å². The van der Waals surface area contributed by atoms with Crippen molar-refractivity contribution in [3.63, 3.8) is 0 Å². The largest absolute Gasteiger partial charge is 0.338 e. The molecule has 0 aliphatic rings. The maximum absolute atomic E-state index is 12.4. The lowest BCUT2D eigenvalue weighted by atomic mass is 9.94. The van der Waals surface area contributed by atoms with Gasteiger partial charge in [-0.3, -0.25) is 4.79 Å². The van der Waals surface area contributed by atoms with Gasteiger partial charge < -0.3 is 10.6 Å². The highest BCUT2D eigenvalue weighted by atomic mass is 35.5. The summed E-state index contributed by atoms with van der Waals surface area (Å²) in [7, 11) is 0. The highest BCUT2D eigenvalue weighted by Gasteiger charge is 2.25. The molecule has 0 fully saturated rings. The van der Waals surface area contributed by atoms with Crippen LogP contribution in [0.2, 0.25) is 4.34 Å². The van der Waals surface area contributed by atoms with E-state index in [1.54, 1.807) is 0 Å². The van der Waals surface area contributed by atoms with Gasteiger partial charge in [-0.1, -0.05) is 25.4 Å². The molecule has 1 amide bonds. The fourth-order valence-corrected chi connectivity index (χ4v) is 2.97. The molecule has 18 heavy (non-hydrogen) atoms. The van der Waals surface area contributed by atoms with Crippen molar-refractivity contribution in [2.75, 3.05) is 13.1 Å². The molecule has 5 heteroatoms. The van der Waals surface area contributed by atoms with Gasteiger partial charge in [0.2, 0.25) is 5.91 Å². The van der Waals surface area contributed by atoms with Crippen molar-refractivity contribution in [3.05, 3.63) is 21.3 Å². The molecule has 0 bridgehead atoms. The monoisotopic (exact) mass is 288 g/mol. The number of nitrogens with two attached hydrogens (primary N) is 1. The summed E-state index contributed by atoms with van der Waals surface area (Å²) < 4.78 is 0.757. The quantitative estimate of drug-likeness (QED) is 0.875. The summed E-state index contributed by atoms with van der Waals surface area (Å²) in [6, 6.07) is 3.83. The van der Waals surface area contributed by atoms with Gasteiger partial charge in [-0.15, -0.1) is 11.3 Å². The minimum absolute atomic E-state index is 0.0969. The minimum atomic E-state index is -0.0969. The molecule has 1 heterocycles. The van der Waals surface area contributed by atoms with Gasteiger partial charge in [0.15, 0.2) is 0 Å². The normalized spacial score (nSPS) is 12.8. The van der Waals surface area contributed by atoms with E-state index in [0.29, 0.717) is 19.6 Å². The number of thiophene rings is 1. The zero-order chi connectivity index (χ0) is 13.7. The third-order valence-corrected chi connectivity index (χ3v) is 4.26. The van der Waals surface area contributed by atoms with Crippen LogP contribution in [0.15, 0.2) is 12.1 Å². The van der Waals surface area contributed by atoms with E-state index in [-0.39, 0.29) is 17.7 Å². The van der Waals surface area contributed by atoms with Gasteiger partial charge in [-0.05, 0) is 25.0 Å². The van der Waals surface area contributed by atoms with Gasteiger partial charge >= 0.3 is 0 Å². The Kier molecular flexibility index (Phi) is 6.12. The first-order valence-corrected chi connectivity index (χ1v) is 7.42. The van der Waals surface area contributed by atoms with Crippen molar-refractivity contribution in [2.45, 2.75) is 27.3 Å². The second kappa shape index (κ2) is 7.12. The predicted molar refractivity (Wildman–Crippen MR) is 77.8 cm³/mol. The minimum Gasteiger partial charge on any atom is -0.338 e. The van der Waals surface area contributed by atoms with Crippen LogP contribution in [0.5, 0.6) is 0 Å². The number of rotatable bonds is 6. The Labute approximate surface area is 118 Å². The second-order valence-electron chi connectivity index (χ2n) is 4.64. The predicted octanol–water partition coefficient (Wildman–Crippen LogP) is 2.98. The number of carbonyl (C=O) groups is 1. The summed E-state index contributed by atoms with van der Waals surface area (Å²) in [5.74, 6) is 0.309. The molecule has 1 aromatic heterocycles. The maximum Gasteiger partial charge on any atom is 0.227 e. The van der Waals surface area contributed by atoms with Gasteiger partial charge in [0.25, 0.3) is 0 Å². The number of nitrogens with zero attached hydrogens (tertiary/aromatic N) is 1. The topological polar surface area (TPSA) is 46.3 Å². The first-order chi connectivity index (χ1) is 8.49. The van der Waals surface area contributed by atoms with Gasteiger partial charge in [-0.25, -0.2) is 0 Å². The average Bonchev–Trinajstić information content (AvgIpc) is 2.72. The van der Waals surface area contributed by atoms with E-state index < -0.39 is 0 Å². The van der Waals surface area contributed by atoms with Gasteiger partial charge in [0.05, 0.1) is 16.8 Å². The van der Waals surface area contributed by atoms with Crippen LogP contribution in [0, 0.1) is 11.8 Å². The Morgan fingerprint density at radius 2 is 2.17 bits per heavy atom. The first-order valence-electron chi connectivity index (χ1n) is 6.22. The van der Waals surface area contributed by atoms with E-state index in [4.69, 9.17) is 17.3 Å². The van der Waals surface area contributed by atoms with Gasteiger partial charge in [-0.2, -0.15) is 0 Å². The van der Waals surface area contributed by atoms with Crippen molar-refractivity contribution in [1.82, 2.24) is 4.90 Å². The molecular weight excluding hydrogens is 268 g/mol. The fraction of sp³-hybridized carbons (Fsp3) is 0.615. The van der Waals surface area contributed by atoms with Crippen molar-refractivity contribution in [3.8, 4) is 0 Å². The molecule has 1 unspecified atom stereocenters. The molecule has 0 aliphatic carbocycles. The molecular formula is C13H21ClN2OS. The Balaban J connectivity index is 2.73. The molecule has 2 N–H and O–H groups in total. The van der Waals surface area contributed by atoms with Crippen molar-refractivity contribution < 1.29 is 4.79 Å². The van der Waals surface area contributed by atoms with Crippen molar-refractivity contribution in [1.29, 1.82) is 0 Å². The van der Waals surface area contributed by atoms with E-state index >= 15 is 0 Å². The van der Waals surface area contributed by atoms with Crippen LogP contribution in [-0.4, -0.2) is 23.9 Å². The van der Waals surface area contributed by atoms with Crippen LogP contribution < -0.4 is 5.73 Å². The van der Waals surface area contributed by atoms with Crippen LogP contribution >= 0.6 is 22.9 Å². The highest BCUT2D eigenvalue weighted by molar-refractivity contribution is 7.16. The van der Waals surface area contributed by atoms with Gasteiger partial charge in [0, 0.05) is 18.0 Å². The zero-order valence-electron chi connectivity index (χ0n) is 11.1. The van der Waals surface area contributed by atoms with Crippen LogP contribution in [0.25, 0.3) is 0 Å². The summed E-state index contributed by atoms with van der Waals surface area (Å²) >= 11 is 7.42. The first kappa shape index (κ1) is 15.5. The molecule has 1 atom stereocenters. The average molecular weight is 289 g/mol. The Bertz CT molecular complexity index is 392. The highest BCUT2D eigenvalue weighted by Crippen LogP contribution is 2.23. The van der Waals surface area contributed by atoms with E-state index in [2.05, 4.69) is 0 Å². The van der Waals surface area contributed by atoms with Crippen LogP contribution in [-0.2, 0) is 11.3 Å². The van der Waals surface area contributed by atoms with Crippen LogP contribution in [0.3, 0.4) is 0 Å². The SMILES string of the molecule is CCN(Cc1ccc(Cl)s1)C(=O)C(CN)C(C)C. The molecule has 1 rings (SSSR count). The molecule has 0 spiro atoms. The zero-order valence-corrected chi connectivity index (χ0v) is 12.7. The molecule has 0 aliphatic heterocycles. The number of hydrogen-bond acceptors (Lipinski definition) is 3. The number of hydrogen-bond donors (Lipinski definition) is 1. The molecule has 102 valence electrons. The molecule has 0 saturated heterocycles.